The predicted molar refractivity (Wildman–Crippen MR) is 70.5 cm³/mol. The van der Waals surface area contributed by atoms with Crippen LogP contribution in [-0.4, -0.2) is 74.7 Å². The van der Waals surface area contributed by atoms with Crippen molar-refractivity contribution < 1.29 is 9.53 Å². The monoisotopic (exact) mass is 255 g/mol. The van der Waals surface area contributed by atoms with Gasteiger partial charge in [0.05, 0.1) is 19.1 Å². The largest absolute Gasteiger partial charge is 0.375 e. The molecule has 0 aliphatic carbocycles. The van der Waals surface area contributed by atoms with Gasteiger partial charge in [-0.3, -0.25) is 4.79 Å². The average Bonchev–Trinajstić information content (AvgIpc) is 2.77. The first-order valence-corrected chi connectivity index (χ1v) is 6.93. The highest BCUT2D eigenvalue weighted by molar-refractivity contribution is 5.77. The minimum absolute atomic E-state index is 0.0619. The Labute approximate surface area is 109 Å². The molecule has 0 bridgehead atoms. The molecule has 1 amide bonds. The Hall–Kier alpha value is -0.650. The smallest absolute Gasteiger partial charge is 0.225 e. The Morgan fingerprint density at radius 3 is 3.00 bits per heavy atom. The summed E-state index contributed by atoms with van der Waals surface area (Å²) in [6.45, 7) is 4.31. The van der Waals surface area contributed by atoms with Gasteiger partial charge in [0.2, 0.25) is 5.91 Å². The number of morpholine rings is 1. The Morgan fingerprint density at radius 1 is 1.50 bits per heavy atom. The molecule has 0 aromatic carbocycles. The summed E-state index contributed by atoms with van der Waals surface area (Å²) in [4.78, 5) is 16.5. The maximum atomic E-state index is 12.3. The molecule has 5 heteroatoms. The van der Waals surface area contributed by atoms with E-state index < -0.39 is 0 Å². The molecule has 18 heavy (non-hydrogen) atoms. The number of hydrogen-bond acceptors (Lipinski definition) is 4. The van der Waals surface area contributed by atoms with Gasteiger partial charge in [0.15, 0.2) is 0 Å². The molecule has 0 saturated carbocycles. The topological polar surface area (TPSA) is 44.8 Å². The highest BCUT2D eigenvalue weighted by atomic mass is 16.5. The van der Waals surface area contributed by atoms with Crippen molar-refractivity contribution in [2.75, 3.05) is 46.9 Å². The van der Waals surface area contributed by atoms with Crippen LogP contribution in [0, 0.1) is 0 Å². The number of amides is 1. The first-order valence-electron chi connectivity index (χ1n) is 6.93. The lowest BCUT2D eigenvalue weighted by atomic mass is 10.1. The molecule has 0 aromatic heterocycles. The second kappa shape index (κ2) is 6.50. The fourth-order valence-corrected chi connectivity index (χ4v) is 2.84. The van der Waals surface area contributed by atoms with Crippen molar-refractivity contribution in [3.05, 3.63) is 0 Å². The number of nitrogens with zero attached hydrogens (tertiary/aromatic N) is 2. The minimum Gasteiger partial charge on any atom is -0.375 e. The van der Waals surface area contributed by atoms with Crippen molar-refractivity contribution in [3.8, 4) is 0 Å². The van der Waals surface area contributed by atoms with E-state index in [4.69, 9.17) is 4.74 Å². The molecule has 2 unspecified atom stereocenters. The van der Waals surface area contributed by atoms with Crippen LogP contribution in [0.2, 0.25) is 0 Å². The summed E-state index contributed by atoms with van der Waals surface area (Å²) in [5, 5.41) is 3.27. The van der Waals surface area contributed by atoms with Crippen LogP contribution in [0.25, 0.3) is 0 Å². The van der Waals surface area contributed by atoms with Crippen LogP contribution in [0.4, 0.5) is 0 Å². The summed E-state index contributed by atoms with van der Waals surface area (Å²) >= 11 is 0. The summed E-state index contributed by atoms with van der Waals surface area (Å²) in [7, 11) is 4.13. The van der Waals surface area contributed by atoms with Crippen molar-refractivity contribution in [2.24, 2.45) is 0 Å². The van der Waals surface area contributed by atoms with Gasteiger partial charge >= 0.3 is 0 Å². The molecular formula is C13H25N3O2. The highest BCUT2D eigenvalue weighted by Gasteiger charge is 2.30. The van der Waals surface area contributed by atoms with E-state index in [0.29, 0.717) is 12.5 Å². The molecule has 0 radical (unpaired) electrons. The van der Waals surface area contributed by atoms with Crippen LogP contribution in [-0.2, 0) is 9.53 Å². The Bertz CT molecular complexity index is 277. The van der Waals surface area contributed by atoms with Gasteiger partial charge in [-0.15, -0.1) is 0 Å². The first-order chi connectivity index (χ1) is 8.66. The Kier molecular flexibility index (Phi) is 4.97. The molecule has 2 atom stereocenters. The maximum absolute atomic E-state index is 12.3. The van der Waals surface area contributed by atoms with E-state index in [9.17, 15) is 4.79 Å². The van der Waals surface area contributed by atoms with Crippen molar-refractivity contribution in [1.29, 1.82) is 0 Å². The van der Waals surface area contributed by atoms with E-state index in [2.05, 4.69) is 29.2 Å². The fourth-order valence-electron chi connectivity index (χ4n) is 2.84. The molecule has 0 spiro atoms. The number of hydrogen-bond donors (Lipinski definition) is 1. The highest BCUT2D eigenvalue weighted by Crippen LogP contribution is 2.19. The molecular weight excluding hydrogens is 230 g/mol. The van der Waals surface area contributed by atoms with Crippen LogP contribution < -0.4 is 5.32 Å². The number of likely N-dealkylation sites (tertiary alicyclic amines) is 1. The summed E-state index contributed by atoms with van der Waals surface area (Å²) in [6, 6.07) is 0.393. The second-order valence-corrected chi connectivity index (χ2v) is 5.55. The third kappa shape index (κ3) is 3.67. The van der Waals surface area contributed by atoms with Gasteiger partial charge in [-0.05, 0) is 26.9 Å². The van der Waals surface area contributed by atoms with E-state index in [0.717, 1.165) is 45.6 Å². The second-order valence-electron chi connectivity index (χ2n) is 5.55. The molecule has 2 heterocycles. The van der Waals surface area contributed by atoms with Crippen molar-refractivity contribution in [2.45, 2.75) is 31.4 Å². The van der Waals surface area contributed by atoms with Crippen molar-refractivity contribution >= 4 is 5.91 Å². The van der Waals surface area contributed by atoms with Crippen molar-refractivity contribution in [1.82, 2.24) is 15.1 Å². The number of likely N-dealkylation sites (N-methyl/N-ethyl adjacent to an activating group) is 1. The summed E-state index contributed by atoms with van der Waals surface area (Å²) in [5.74, 6) is 0.257. The fraction of sp³-hybridized carbons (Fsp3) is 0.923. The zero-order chi connectivity index (χ0) is 13.0. The van der Waals surface area contributed by atoms with Crippen LogP contribution >= 0.6 is 0 Å². The molecule has 104 valence electrons. The normalized spacial score (nSPS) is 28.9. The lowest BCUT2D eigenvalue weighted by Gasteiger charge is -2.30. The third-order valence-electron chi connectivity index (χ3n) is 3.68. The number of carbonyl (C=O) groups is 1. The molecule has 0 aromatic rings. The molecule has 1 N–H and O–H groups in total. The zero-order valence-electron chi connectivity index (χ0n) is 11.5. The van der Waals surface area contributed by atoms with Gasteiger partial charge in [0, 0.05) is 32.2 Å². The van der Waals surface area contributed by atoms with E-state index in [-0.39, 0.29) is 12.0 Å². The predicted octanol–water partition coefficient (Wildman–Crippen LogP) is -0.0825. The van der Waals surface area contributed by atoms with Gasteiger partial charge in [-0.2, -0.15) is 0 Å². The molecule has 5 nitrogen and oxygen atoms in total. The first kappa shape index (κ1) is 13.8. The number of ether oxygens (including phenoxy) is 1. The summed E-state index contributed by atoms with van der Waals surface area (Å²) < 4.78 is 5.60. The quantitative estimate of drug-likeness (QED) is 0.763. The Balaban J connectivity index is 1.83. The van der Waals surface area contributed by atoms with E-state index in [1.54, 1.807) is 0 Å². The van der Waals surface area contributed by atoms with Crippen LogP contribution in [0.1, 0.15) is 19.3 Å². The molecule has 2 saturated heterocycles. The third-order valence-corrected chi connectivity index (χ3v) is 3.68. The maximum Gasteiger partial charge on any atom is 0.225 e. The molecule has 2 rings (SSSR count). The van der Waals surface area contributed by atoms with Gasteiger partial charge in [-0.25, -0.2) is 0 Å². The number of nitrogens with one attached hydrogen (secondary N) is 1. The Morgan fingerprint density at radius 2 is 2.33 bits per heavy atom. The lowest BCUT2D eigenvalue weighted by Crippen LogP contribution is -2.45. The van der Waals surface area contributed by atoms with Crippen LogP contribution in [0.3, 0.4) is 0 Å². The van der Waals surface area contributed by atoms with Crippen LogP contribution in [0.15, 0.2) is 0 Å². The van der Waals surface area contributed by atoms with E-state index >= 15 is 0 Å². The summed E-state index contributed by atoms with van der Waals surface area (Å²) in [6.07, 6.45) is 2.85. The number of carbonyl (C=O) groups excluding carboxylic acids is 1. The van der Waals surface area contributed by atoms with Gasteiger partial charge < -0.3 is 19.9 Å². The SMILES string of the molecule is CN(C)CC1CCCN1C(=O)CC1CNCCO1. The number of rotatable bonds is 4. The van der Waals surface area contributed by atoms with Crippen LogP contribution in [0.5, 0.6) is 0 Å². The lowest BCUT2D eigenvalue weighted by molar-refractivity contribution is -0.135. The van der Waals surface area contributed by atoms with Crippen molar-refractivity contribution in [3.63, 3.8) is 0 Å². The van der Waals surface area contributed by atoms with Gasteiger partial charge in [0.1, 0.15) is 0 Å². The van der Waals surface area contributed by atoms with E-state index in [1.807, 2.05) is 0 Å². The standard InChI is InChI=1S/C13H25N3O2/c1-15(2)10-11-4-3-6-16(11)13(17)8-12-9-14-5-7-18-12/h11-12,14H,3-10H2,1-2H3. The minimum atomic E-state index is 0.0619. The average molecular weight is 255 g/mol. The van der Waals surface area contributed by atoms with Gasteiger partial charge in [-0.1, -0.05) is 0 Å². The molecule has 2 aliphatic heterocycles. The molecule has 2 fully saturated rings. The van der Waals surface area contributed by atoms with Gasteiger partial charge in [0.25, 0.3) is 0 Å². The molecule has 2 aliphatic rings. The summed E-state index contributed by atoms with van der Waals surface area (Å²) in [5.41, 5.74) is 0. The van der Waals surface area contributed by atoms with E-state index in [1.165, 1.54) is 0 Å². The zero-order valence-corrected chi connectivity index (χ0v) is 11.5.